The van der Waals surface area contributed by atoms with Crippen molar-refractivity contribution >= 4 is 6.09 Å². The normalized spacial score (nSPS) is 16.4. The molecule has 1 aromatic heterocycles. The lowest BCUT2D eigenvalue weighted by Crippen LogP contribution is -2.49. The van der Waals surface area contributed by atoms with Crippen LogP contribution in [0.1, 0.15) is 18.3 Å². The van der Waals surface area contributed by atoms with Crippen LogP contribution < -0.4 is 0 Å². The Morgan fingerprint density at radius 2 is 1.95 bits per heavy atom. The zero-order valence-corrected chi connectivity index (χ0v) is 12.6. The molecule has 6 nitrogen and oxygen atoms in total. The molecule has 1 aromatic rings. The molecule has 1 aliphatic heterocycles. The molecule has 2 heterocycles. The Bertz CT molecular complexity index is 450. The molecule has 1 aliphatic rings. The molecule has 112 valence electrons. The molecular weight excluding hydrogens is 256 g/mol. The molecule has 0 aromatic carbocycles. The smallest absolute Gasteiger partial charge is 0.409 e. The molecule has 0 N–H and O–H groups in total. The van der Waals surface area contributed by atoms with E-state index in [-0.39, 0.29) is 6.09 Å². The highest BCUT2D eigenvalue weighted by Gasteiger charge is 2.21. The number of rotatable bonds is 4. The Morgan fingerprint density at radius 1 is 1.25 bits per heavy atom. The number of hydrogen-bond acceptors (Lipinski definition) is 4. The van der Waals surface area contributed by atoms with E-state index < -0.39 is 0 Å². The maximum Gasteiger partial charge on any atom is 0.409 e. The Kier molecular flexibility index (Phi) is 5.00. The van der Waals surface area contributed by atoms with Gasteiger partial charge in [0.1, 0.15) is 0 Å². The molecule has 6 heteroatoms. The second-order valence-corrected chi connectivity index (χ2v) is 5.18. The quantitative estimate of drug-likeness (QED) is 0.833. The van der Waals surface area contributed by atoms with Crippen LogP contribution in [-0.4, -0.2) is 65.0 Å². The van der Waals surface area contributed by atoms with E-state index in [4.69, 9.17) is 4.74 Å². The van der Waals surface area contributed by atoms with Gasteiger partial charge in [-0.1, -0.05) is 0 Å². The van der Waals surface area contributed by atoms with Crippen LogP contribution in [0.2, 0.25) is 0 Å². The summed E-state index contributed by atoms with van der Waals surface area (Å²) >= 11 is 0. The molecule has 0 unspecified atom stereocenters. The fourth-order valence-corrected chi connectivity index (χ4v) is 2.51. The summed E-state index contributed by atoms with van der Waals surface area (Å²) in [7, 11) is 0. The van der Waals surface area contributed by atoms with Crippen LogP contribution >= 0.6 is 0 Å². The first-order valence-corrected chi connectivity index (χ1v) is 7.25. The number of carbonyl (C=O) groups is 1. The predicted molar refractivity (Wildman–Crippen MR) is 76.7 cm³/mol. The maximum absolute atomic E-state index is 11.6. The van der Waals surface area contributed by atoms with Gasteiger partial charge in [-0.3, -0.25) is 9.58 Å². The summed E-state index contributed by atoms with van der Waals surface area (Å²) < 4.78 is 7.07. The average molecular weight is 280 g/mol. The molecule has 0 bridgehead atoms. The van der Waals surface area contributed by atoms with Gasteiger partial charge in [-0.05, 0) is 26.8 Å². The third-order valence-electron chi connectivity index (χ3n) is 3.63. The van der Waals surface area contributed by atoms with Crippen LogP contribution in [0.3, 0.4) is 0 Å². The highest BCUT2D eigenvalue weighted by atomic mass is 16.6. The first kappa shape index (κ1) is 14.8. The summed E-state index contributed by atoms with van der Waals surface area (Å²) in [6.45, 7) is 11.5. The molecule has 20 heavy (non-hydrogen) atoms. The van der Waals surface area contributed by atoms with Crippen molar-refractivity contribution in [2.75, 3.05) is 39.3 Å². The van der Waals surface area contributed by atoms with Crippen molar-refractivity contribution in [1.29, 1.82) is 0 Å². The predicted octanol–water partition coefficient (Wildman–Crippen LogP) is 1.27. The van der Waals surface area contributed by atoms with E-state index in [0.29, 0.717) is 6.61 Å². The van der Waals surface area contributed by atoms with Gasteiger partial charge in [-0.15, -0.1) is 0 Å². The van der Waals surface area contributed by atoms with Crippen LogP contribution in [0.4, 0.5) is 4.79 Å². The summed E-state index contributed by atoms with van der Waals surface area (Å²) in [6.07, 6.45) is -0.189. The van der Waals surface area contributed by atoms with Gasteiger partial charge < -0.3 is 9.64 Å². The van der Waals surface area contributed by atoms with Gasteiger partial charge in [0.15, 0.2) is 0 Å². The molecule has 0 aliphatic carbocycles. The van der Waals surface area contributed by atoms with Crippen LogP contribution in [0, 0.1) is 13.8 Å². The molecule has 2 rings (SSSR count). The monoisotopic (exact) mass is 280 g/mol. The largest absolute Gasteiger partial charge is 0.450 e. The standard InChI is InChI=1S/C14H24N4O2/c1-4-20-14(19)17-8-5-16(6-9-17)7-10-18-13(3)11-12(2)15-18/h11H,4-10H2,1-3H3. The van der Waals surface area contributed by atoms with Crippen LogP contribution in [0.25, 0.3) is 0 Å². The number of nitrogens with zero attached hydrogens (tertiary/aromatic N) is 4. The van der Waals surface area contributed by atoms with Gasteiger partial charge in [-0.25, -0.2) is 4.79 Å². The summed E-state index contributed by atoms with van der Waals surface area (Å²) in [6, 6.07) is 2.10. The summed E-state index contributed by atoms with van der Waals surface area (Å²) in [5.41, 5.74) is 2.27. The minimum absolute atomic E-state index is 0.189. The topological polar surface area (TPSA) is 50.6 Å². The molecule has 1 fully saturated rings. The lowest BCUT2D eigenvalue weighted by molar-refractivity contribution is 0.0784. The summed E-state index contributed by atoms with van der Waals surface area (Å²) in [5.74, 6) is 0. The van der Waals surface area contributed by atoms with E-state index in [9.17, 15) is 4.79 Å². The molecule has 0 spiro atoms. The highest BCUT2D eigenvalue weighted by molar-refractivity contribution is 5.67. The SMILES string of the molecule is CCOC(=O)N1CCN(CCn2nc(C)cc2C)CC1. The van der Waals surface area contributed by atoms with E-state index in [1.54, 1.807) is 4.90 Å². The fraction of sp³-hybridized carbons (Fsp3) is 0.714. The van der Waals surface area contributed by atoms with Crippen LogP contribution in [0.15, 0.2) is 6.07 Å². The summed E-state index contributed by atoms with van der Waals surface area (Å²) in [4.78, 5) is 15.8. The van der Waals surface area contributed by atoms with E-state index in [0.717, 1.165) is 45.0 Å². The van der Waals surface area contributed by atoms with Crippen molar-refractivity contribution in [2.24, 2.45) is 0 Å². The second-order valence-electron chi connectivity index (χ2n) is 5.18. The Labute approximate surface area is 120 Å². The molecule has 1 saturated heterocycles. The average Bonchev–Trinajstić information content (AvgIpc) is 2.75. The Hall–Kier alpha value is -1.56. The zero-order chi connectivity index (χ0) is 14.5. The molecule has 0 radical (unpaired) electrons. The van der Waals surface area contributed by atoms with Crippen LogP contribution in [-0.2, 0) is 11.3 Å². The van der Waals surface area contributed by atoms with Crippen molar-refractivity contribution in [3.8, 4) is 0 Å². The molecule has 1 amide bonds. The number of hydrogen-bond donors (Lipinski definition) is 0. The van der Waals surface area contributed by atoms with Gasteiger partial charge in [0.25, 0.3) is 0 Å². The molecular formula is C14H24N4O2. The third kappa shape index (κ3) is 3.72. The molecule has 0 atom stereocenters. The number of amides is 1. The third-order valence-corrected chi connectivity index (χ3v) is 3.63. The zero-order valence-electron chi connectivity index (χ0n) is 12.6. The van der Waals surface area contributed by atoms with Crippen LogP contribution in [0.5, 0.6) is 0 Å². The number of ether oxygens (including phenoxy) is 1. The van der Waals surface area contributed by atoms with Crippen molar-refractivity contribution in [2.45, 2.75) is 27.3 Å². The van der Waals surface area contributed by atoms with Crippen molar-refractivity contribution in [3.05, 3.63) is 17.5 Å². The van der Waals surface area contributed by atoms with Gasteiger partial charge in [0.05, 0.1) is 18.8 Å². The van der Waals surface area contributed by atoms with Crippen molar-refractivity contribution < 1.29 is 9.53 Å². The maximum atomic E-state index is 11.6. The van der Waals surface area contributed by atoms with Gasteiger partial charge in [0.2, 0.25) is 0 Å². The molecule has 0 saturated carbocycles. The minimum Gasteiger partial charge on any atom is -0.450 e. The lowest BCUT2D eigenvalue weighted by atomic mass is 10.3. The Balaban J connectivity index is 1.74. The number of aryl methyl sites for hydroxylation is 2. The van der Waals surface area contributed by atoms with Gasteiger partial charge in [-0.2, -0.15) is 5.10 Å². The number of piperazine rings is 1. The van der Waals surface area contributed by atoms with Gasteiger partial charge in [0, 0.05) is 38.4 Å². The van der Waals surface area contributed by atoms with E-state index >= 15 is 0 Å². The van der Waals surface area contributed by atoms with Gasteiger partial charge >= 0.3 is 6.09 Å². The van der Waals surface area contributed by atoms with Crippen molar-refractivity contribution in [1.82, 2.24) is 19.6 Å². The summed E-state index contributed by atoms with van der Waals surface area (Å²) in [5, 5.41) is 4.47. The van der Waals surface area contributed by atoms with E-state index in [1.807, 2.05) is 18.5 Å². The van der Waals surface area contributed by atoms with E-state index in [1.165, 1.54) is 5.69 Å². The van der Waals surface area contributed by atoms with Crippen molar-refractivity contribution in [3.63, 3.8) is 0 Å². The minimum atomic E-state index is -0.189. The van der Waals surface area contributed by atoms with E-state index in [2.05, 4.69) is 23.0 Å². The fourth-order valence-electron chi connectivity index (χ4n) is 2.51. The second kappa shape index (κ2) is 6.74. The number of aromatic nitrogens is 2. The lowest BCUT2D eigenvalue weighted by Gasteiger charge is -2.33. The highest BCUT2D eigenvalue weighted by Crippen LogP contribution is 2.06. The first-order valence-electron chi connectivity index (χ1n) is 7.25. The Morgan fingerprint density at radius 3 is 2.50 bits per heavy atom. The number of carbonyl (C=O) groups excluding carboxylic acids is 1. The first-order chi connectivity index (χ1) is 9.60.